The summed E-state index contributed by atoms with van der Waals surface area (Å²) in [7, 11) is 0. The number of rotatable bonds is 6. The first-order valence-electron chi connectivity index (χ1n) is 8.14. The number of aromatic nitrogens is 2. The van der Waals surface area contributed by atoms with Gasteiger partial charge in [0.2, 0.25) is 11.8 Å². The van der Waals surface area contributed by atoms with Gasteiger partial charge in [-0.25, -0.2) is 0 Å². The molecule has 0 aliphatic rings. The number of hydrogen-bond donors (Lipinski definition) is 1. The second-order valence-corrected chi connectivity index (χ2v) is 8.13. The normalized spacial score (nSPS) is 10.9. The maximum absolute atomic E-state index is 12.3. The van der Waals surface area contributed by atoms with Crippen molar-refractivity contribution in [3.63, 3.8) is 0 Å². The summed E-state index contributed by atoms with van der Waals surface area (Å²) in [6.07, 6.45) is 0. The van der Waals surface area contributed by atoms with Crippen molar-refractivity contribution in [2.45, 2.75) is 25.0 Å². The van der Waals surface area contributed by atoms with Gasteiger partial charge in [0.15, 0.2) is 0 Å². The van der Waals surface area contributed by atoms with Crippen LogP contribution >= 0.6 is 34.4 Å². The number of thioether (sulfide) groups is 1. The van der Waals surface area contributed by atoms with Crippen molar-refractivity contribution in [1.29, 1.82) is 0 Å². The molecule has 0 radical (unpaired) electrons. The lowest BCUT2D eigenvalue weighted by Crippen LogP contribution is -2.15. The van der Waals surface area contributed by atoms with Crippen molar-refractivity contribution in [1.82, 2.24) is 10.2 Å². The van der Waals surface area contributed by atoms with Crippen LogP contribution in [-0.4, -0.2) is 21.9 Å². The van der Waals surface area contributed by atoms with Gasteiger partial charge in [0.25, 0.3) is 5.22 Å². The Hall–Kier alpha value is -1.87. The fourth-order valence-corrected chi connectivity index (χ4v) is 3.48. The summed E-state index contributed by atoms with van der Waals surface area (Å²) >= 11 is 3.50. The number of nitrogens with one attached hydrogen (secondary N) is 1. The number of benzene rings is 2. The Labute approximate surface area is 170 Å². The van der Waals surface area contributed by atoms with Gasteiger partial charge in [-0.15, -0.1) is 10.2 Å². The minimum absolute atomic E-state index is 0.0995. The summed E-state index contributed by atoms with van der Waals surface area (Å²) in [6.45, 7) is 4.22. The molecule has 0 fully saturated rings. The highest BCUT2D eigenvalue weighted by Crippen LogP contribution is 2.27. The topological polar surface area (TPSA) is 68.0 Å². The molecule has 0 saturated heterocycles. The van der Waals surface area contributed by atoms with E-state index in [2.05, 4.69) is 58.0 Å². The van der Waals surface area contributed by atoms with E-state index in [0.717, 1.165) is 20.4 Å². The summed E-state index contributed by atoms with van der Waals surface area (Å²) in [5.74, 6) is 0.891. The van der Waals surface area contributed by atoms with Crippen molar-refractivity contribution in [2.24, 2.45) is 0 Å². The highest BCUT2D eigenvalue weighted by molar-refractivity contribution is 14.1. The molecule has 2 aromatic carbocycles. The van der Waals surface area contributed by atoms with Crippen LogP contribution in [0.25, 0.3) is 11.5 Å². The molecule has 3 rings (SSSR count). The summed E-state index contributed by atoms with van der Waals surface area (Å²) in [5.41, 5.74) is 2.83. The average Bonchev–Trinajstić information content (AvgIpc) is 3.11. The van der Waals surface area contributed by atoms with E-state index in [9.17, 15) is 4.79 Å². The number of anilines is 1. The Morgan fingerprint density at radius 2 is 1.96 bits per heavy atom. The van der Waals surface area contributed by atoms with Gasteiger partial charge in [-0.3, -0.25) is 4.79 Å². The molecule has 0 spiro atoms. The van der Waals surface area contributed by atoms with Crippen LogP contribution in [-0.2, 0) is 4.79 Å². The molecule has 1 heterocycles. The van der Waals surface area contributed by atoms with Gasteiger partial charge in [0.05, 0.1) is 5.75 Å². The molecule has 0 bridgehead atoms. The monoisotopic (exact) mass is 479 g/mol. The predicted molar refractivity (Wildman–Crippen MR) is 112 cm³/mol. The van der Waals surface area contributed by atoms with E-state index < -0.39 is 0 Å². The number of amides is 1. The van der Waals surface area contributed by atoms with Crippen LogP contribution in [0.2, 0.25) is 0 Å². The molecule has 134 valence electrons. The fourth-order valence-electron chi connectivity index (χ4n) is 2.40. The summed E-state index contributed by atoms with van der Waals surface area (Å²) < 4.78 is 6.76. The third-order valence-electron chi connectivity index (χ3n) is 3.66. The molecule has 0 unspecified atom stereocenters. The number of hydrogen-bond acceptors (Lipinski definition) is 5. The van der Waals surface area contributed by atoms with Gasteiger partial charge in [-0.05, 0) is 64.4 Å². The molecule has 1 N–H and O–H groups in total. The van der Waals surface area contributed by atoms with E-state index in [-0.39, 0.29) is 11.7 Å². The molecule has 0 saturated carbocycles. The van der Waals surface area contributed by atoms with Crippen LogP contribution in [0.15, 0.2) is 58.2 Å². The zero-order valence-electron chi connectivity index (χ0n) is 14.4. The Balaban J connectivity index is 1.61. The maximum Gasteiger partial charge on any atom is 0.277 e. The highest BCUT2D eigenvalue weighted by Gasteiger charge is 2.13. The second-order valence-electron chi connectivity index (χ2n) is 5.96. The van der Waals surface area contributed by atoms with Gasteiger partial charge < -0.3 is 9.73 Å². The fraction of sp³-hybridized carbons (Fsp3) is 0.211. The lowest BCUT2D eigenvalue weighted by Gasteiger charge is -2.14. The molecule has 3 aromatic rings. The number of halogens is 1. The van der Waals surface area contributed by atoms with Crippen LogP contribution in [0.1, 0.15) is 25.3 Å². The summed E-state index contributed by atoms with van der Waals surface area (Å²) in [6, 6.07) is 15.6. The molecule has 1 amide bonds. The molecule has 5 nitrogen and oxygen atoms in total. The minimum atomic E-state index is -0.0995. The van der Waals surface area contributed by atoms with Crippen LogP contribution in [0.3, 0.4) is 0 Å². The number of carbonyl (C=O) groups is 1. The van der Waals surface area contributed by atoms with Crippen molar-refractivity contribution in [3.05, 3.63) is 57.7 Å². The molecular formula is C19H18IN3O2S. The third kappa shape index (κ3) is 4.85. The molecule has 26 heavy (non-hydrogen) atoms. The van der Waals surface area contributed by atoms with Crippen LogP contribution in [0.5, 0.6) is 0 Å². The first-order chi connectivity index (χ1) is 12.5. The Bertz CT molecular complexity index is 897. The zero-order chi connectivity index (χ0) is 18.5. The van der Waals surface area contributed by atoms with Crippen LogP contribution < -0.4 is 5.32 Å². The van der Waals surface area contributed by atoms with Crippen molar-refractivity contribution in [2.75, 3.05) is 11.1 Å². The molecule has 1 aromatic heterocycles. The van der Waals surface area contributed by atoms with E-state index >= 15 is 0 Å². The van der Waals surface area contributed by atoms with E-state index in [1.807, 2.05) is 42.5 Å². The highest BCUT2D eigenvalue weighted by atomic mass is 127. The molecular weight excluding hydrogens is 461 g/mol. The number of carbonyl (C=O) groups excluding carboxylic acids is 1. The SMILES string of the molecule is CC(C)c1cc(I)ccc1NC(=O)CSc1nnc(-c2ccccc2)o1. The van der Waals surface area contributed by atoms with Gasteiger partial charge in [0, 0.05) is 14.8 Å². The Kier molecular flexibility index (Phi) is 6.31. The molecule has 0 atom stereocenters. The standard InChI is InChI=1S/C19H18IN3O2S/c1-12(2)15-10-14(20)8-9-16(15)21-17(24)11-26-19-23-22-18(25-19)13-6-4-3-5-7-13/h3-10,12H,11H2,1-2H3,(H,21,24). The van der Waals surface area contributed by atoms with Gasteiger partial charge in [0.1, 0.15) is 0 Å². The average molecular weight is 479 g/mol. The Morgan fingerprint density at radius 1 is 1.19 bits per heavy atom. The molecule has 7 heteroatoms. The molecule has 0 aliphatic heterocycles. The van der Waals surface area contributed by atoms with Gasteiger partial charge in [-0.2, -0.15) is 0 Å². The van der Waals surface area contributed by atoms with Gasteiger partial charge >= 0.3 is 0 Å². The van der Waals surface area contributed by atoms with E-state index in [0.29, 0.717) is 17.0 Å². The largest absolute Gasteiger partial charge is 0.411 e. The lowest BCUT2D eigenvalue weighted by atomic mass is 10.0. The summed E-state index contributed by atoms with van der Waals surface area (Å²) in [4.78, 5) is 12.3. The molecule has 0 aliphatic carbocycles. The first kappa shape index (κ1) is 18.9. The lowest BCUT2D eigenvalue weighted by molar-refractivity contribution is -0.113. The maximum atomic E-state index is 12.3. The Morgan fingerprint density at radius 3 is 2.69 bits per heavy atom. The van der Waals surface area contributed by atoms with E-state index in [4.69, 9.17) is 4.42 Å². The quantitative estimate of drug-likeness (QED) is 0.389. The zero-order valence-corrected chi connectivity index (χ0v) is 17.4. The smallest absolute Gasteiger partial charge is 0.277 e. The third-order valence-corrected chi connectivity index (χ3v) is 5.15. The number of nitrogens with zero attached hydrogens (tertiary/aromatic N) is 2. The van der Waals surface area contributed by atoms with Crippen LogP contribution in [0, 0.1) is 3.57 Å². The van der Waals surface area contributed by atoms with E-state index in [1.165, 1.54) is 11.8 Å². The second kappa shape index (κ2) is 8.68. The predicted octanol–water partition coefficient (Wildman–Crippen LogP) is 5.20. The van der Waals surface area contributed by atoms with Crippen molar-refractivity contribution >= 4 is 45.9 Å². The van der Waals surface area contributed by atoms with Crippen molar-refractivity contribution in [3.8, 4) is 11.5 Å². The summed E-state index contributed by atoms with van der Waals surface area (Å²) in [5, 5.41) is 11.4. The van der Waals surface area contributed by atoms with Crippen molar-refractivity contribution < 1.29 is 9.21 Å². The first-order valence-corrected chi connectivity index (χ1v) is 10.2. The van der Waals surface area contributed by atoms with Gasteiger partial charge in [-0.1, -0.05) is 43.8 Å². The van der Waals surface area contributed by atoms with E-state index in [1.54, 1.807) is 0 Å². The minimum Gasteiger partial charge on any atom is -0.411 e. The van der Waals surface area contributed by atoms with Crippen LogP contribution in [0.4, 0.5) is 5.69 Å².